The third-order valence-corrected chi connectivity index (χ3v) is 6.50. The number of carbonyl (C=O) groups is 2. The van der Waals surface area contributed by atoms with Gasteiger partial charge in [-0.2, -0.15) is 0 Å². The lowest BCUT2D eigenvalue weighted by molar-refractivity contribution is -0.167. The molecule has 2 aromatic rings. The van der Waals surface area contributed by atoms with Gasteiger partial charge in [0.25, 0.3) is 0 Å². The Morgan fingerprint density at radius 1 is 0.971 bits per heavy atom. The summed E-state index contributed by atoms with van der Waals surface area (Å²) in [4.78, 5) is 29.5. The molecule has 2 fully saturated rings. The first-order chi connectivity index (χ1) is 16.8. The standard InChI is InChI=1S/C25H27ClF2N2O5/c26-21-2-1-3-22(28)20(21)14-23(31)30-10-13-35-25(16-30,15-24(32)29-8-11-33-12-9-29)17-34-19-6-4-18(27)5-7-19/h1-7H,8-17H2/t25-/m1/s1. The van der Waals surface area contributed by atoms with Crippen LogP contribution in [-0.4, -0.2) is 79.8 Å². The molecule has 0 radical (unpaired) electrons. The van der Waals surface area contributed by atoms with Crippen LogP contribution in [0.4, 0.5) is 8.78 Å². The minimum Gasteiger partial charge on any atom is -0.490 e. The molecule has 188 valence electrons. The molecule has 2 amide bonds. The van der Waals surface area contributed by atoms with Crippen molar-refractivity contribution >= 4 is 23.4 Å². The van der Waals surface area contributed by atoms with Crippen molar-refractivity contribution in [2.75, 3.05) is 52.6 Å². The minimum atomic E-state index is -1.13. The zero-order chi connectivity index (χ0) is 24.8. The van der Waals surface area contributed by atoms with Gasteiger partial charge in [-0.3, -0.25) is 9.59 Å². The van der Waals surface area contributed by atoms with Gasteiger partial charge < -0.3 is 24.0 Å². The van der Waals surface area contributed by atoms with Gasteiger partial charge in [0.05, 0.1) is 39.2 Å². The fourth-order valence-electron chi connectivity index (χ4n) is 4.21. The van der Waals surface area contributed by atoms with E-state index in [4.69, 9.17) is 25.8 Å². The fraction of sp³-hybridized carbons (Fsp3) is 0.440. The van der Waals surface area contributed by atoms with Crippen molar-refractivity contribution < 1.29 is 32.6 Å². The molecule has 10 heteroatoms. The number of benzene rings is 2. The number of ether oxygens (including phenoxy) is 3. The molecule has 2 aliphatic heterocycles. The molecular formula is C25H27ClF2N2O5. The molecule has 0 saturated carbocycles. The first-order valence-electron chi connectivity index (χ1n) is 11.4. The monoisotopic (exact) mass is 508 g/mol. The third-order valence-electron chi connectivity index (χ3n) is 6.14. The van der Waals surface area contributed by atoms with Gasteiger partial charge in [-0.05, 0) is 36.4 Å². The molecule has 0 aliphatic carbocycles. The Hall–Kier alpha value is -2.75. The topological polar surface area (TPSA) is 68.3 Å². The quantitative estimate of drug-likeness (QED) is 0.575. The lowest BCUT2D eigenvalue weighted by Crippen LogP contribution is -2.59. The van der Waals surface area contributed by atoms with Crippen molar-refractivity contribution in [1.82, 2.24) is 9.80 Å². The zero-order valence-corrected chi connectivity index (χ0v) is 19.9. The summed E-state index contributed by atoms with van der Waals surface area (Å²) in [5, 5.41) is 0.181. The molecular weight excluding hydrogens is 482 g/mol. The maximum absolute atomic E-state index is 14.3. The van der Waals surface area contributed by atoms with Gasteiger partial charge in [0.2, 0.25) is 11.8 Å². The maximum atomic E-state index is 14.3. The van der Waals surface area contributed by atoms with Crippen molar-refractivity contribution in [3.8, 4) is 5.75 Å². The number of nitrogens with zero attached hydrogens (tertiary/aromatic N) is 2. The molecule has 0 aromatic heterocycles. The normalized spacial score (nSPS) is 20.5. The van der Waals surface area contributed by atoms with E-state index in [0.717, 1.165) is 0 Å². The summed E-state index contributed by atoms with van der Waals surface area (Å²) in [5.74, 6) is -0.998. The Morgan fingerprint density at radius 3 is 2.40 bits per heavy atom. The van der Waals surface area contributed by atoms with Gasteiger partial charge in [0, 0.05) is 30.2 Å². The lowest BCUT2D eigenvalue weighted by atomic mass is 9.96. The average Bonchev–Trinajstić information content (AvgIpc) is 2.86. The molecule has 2 saturated heterocycles. The summed E-state index contributed by atoms with van der Waals surface area (Å²) >= 11 is 6.11. The van der Waals surface area contributed by atoms with Gasteiger partial charge in [0.15, 0.2) is 0 Å². The highest BCUT2D eigenvalue weighted by Gasteiger charge is 2.42. The summed E-state index contributed by atoms with van der Waals surface area (Å²) in [5.41, 5.74) is -1.00. The zero-order valence-electron chi connectivity index (χ0n) is 19.2. The number of amides is 2. The molecule has 2 aromatic carbocycles. The van der Waals surface area contributed by atoms with Crippen LogP contribution < -0.4 is 4.74 Å². The predicted molar refractivity (Wildman–Crippen MR) is 124 cm³/mol. The van der Waals surface area contributed by atoms with E-state index in [9.17, 15) is 18.4 Å². The van der Waals surface area contributed by atoms with Crippen molar-refractivity contribution in [3.05, 3.63) is 64.7 Å². The van der Waals surface area contributed by atoms with E-state index in [2.05, 4.69) is 0 Å². The summed E-state index contributed by atoms with van der Waals surface area (Å²) in [6.07, 6.45) is -0.226. The van der Waals surface area contributed by atoms with Crippen LogP contribution in [0.15, 0.2) is 42.5 Å². The molecule has 7 nitrogen and oxygen atoms in total. The van der Waals surface area contributed by atoms with Crippen molar-refractivity contribution in [1.29, 1.82) is 0 Å². The fourth-order valence-corrected chi connectivity index (χ4v) is 4.44. The second-order valence-corrected chi connectivity index (χ2v) is 9.04. The Labute approximate surface area is 207 Å². The second-order valence-electron chi connectivity index (χ2n) is 8.64. The van der Waals surface area contributed by atoms with Crippen LogP contribution in [0.25, 0.3) is 0 Å². The molecule has 2 heterocycles. The summed E-state index contributed by atoms with van der Waals surface area (Å²) in [6, 6.07) is 9.80. The molecule has 0 spiro atoms. The number of halogens is 3. The maximum Gasteiger partial charge on any atom is 0.227 e. The van der Waals surface area contributed by atoms with E-state index in [1.54, 1.807) is 9.80 Å². The van der Waals surface area contributed by atoms with E-state index in [-0.39, 0.29) is 61.5 Å². The first-order valence-corrected chi connectivity index (χ1v) is 11.8. The smallest absolute Gasteiger partial charge is 0.227 e. The first kappa shape index (κ1) is 25.3. The van der Waals surface area contributed by atoms with Crippen LogP contribution in [0.1, 0.15) is 12.0 Å². The minimum absolute atomic E-state index is 0.0154. The van der Waals surface area contributed by atoms with E-state index in [1.807, 2.05) is 0 Å². The molecule has 0 unspecified atom stereocenters. The van der Waals surface area contributed by atoms with Crippen molar-refractivity contribution in [2.45, 2.75) is 18.4 Å². The van der Waals surface area contributed by atoms with Gasteiger partial charge in [0.1, 0.15) is 29.6 Å². The van der Waals surface area contributed by atoms with Crippen molar-refractivity contribution in [3.63, 3.8) is 0 Å². The number of hydrogen-bond acceptors (Lipinski definition) is 5. The van der Waals surface area contributed by atoms with Crippen LogP contribution in [0.2, 0.25) is 5.02 Å². The summed E-state index contributed by atoms with van der Waals surface area (Å²) in [7, 11) is 0. The van der Waals surface area contributed by atoms with E-state index < -0.39 is 17.2 Å². The van der Waals surface area contributed by atoms with Gasteiger partial charge >= 0.3 is 0 Å². The molecule has 1 atom stereocenters. The average molecular weight is 509 g/mol. The SMILES string of the molecule is O=C(C[C@]1(COc2ccc(F)cc2)CN(C(=O)Cc2c(F)cccc2Cl)CCO1)N1CCOCC1. The molecule has 0 N–H and O–H groups in total. The number of carbonyl (C=O) groups excluding carboxylic acids is 2. The largest absolute Gasteiger partial charge is 0.490 e. The lowest BCUT2D eigenvalue weighted by Gasteiger charge is -2.43. The third kappa shape index (κ3) is 6.48. The van der Waals surface area contributed by atoms with Crippen LogP contribution >= 0.6 is 11.6 Å². The van der Waals surface area contributed by atoms with Gasteiger partial charge in [-0.25, -0.2) is 8.78 Å². The van der Waals surface area contributed by atoms with Gasteiger partial charge in [-0.1, -0.05) is 17.7 Å². The van der Waals surface area contributed by atoms with E-state index in [1.165, 1.54) is 42.5 Å². The summed E-state index contributed by atoms with van der Waals surface area (Å²) < 4.78 is 44.8. The van der Waals surface area contributed by atoms with Crippen LogP contribution in [0.5, 0.6) is 5.75 Å². The van der Waals surface area contributed by atoms with Gasteiger partial charge in [-0.15, -0.1) is 0 Å². The summed E-state index contributed by atoms with van der Waals surface area (Å²) in [6.45, 7) is 2.38. The highest BCUT2D eigenvalue weighted by Crippen LogP contribution is 2.27. The van der Waals surface area contributed by atoms with Crippen LogP contribution in [0, 0.1) is 11.6 Å². The highest BCUT2D eigenvalue weighted by atomic mass is 35.5. The molecule has 35 heavy (non-hydrogen) atoms. The second kappa shape index (κ2) is 11.3. The molecule has 4 rings (SSSR count). The number of morpholine rings is 2. The highest BCUT2D eigenvalue weighted by molar-refractivity contribution is 6.31. The van der Waals surface area contributed by atoms with E-state index >= 15 is 0 Å². The Kier molecular flexibility index (Phi) is 8.20. The number of hydrogen-bond donors (Lipinski definition) is 0. The number of rotatable bonds is 7. The Bertz CT molecular complexity index is 1030. The van der Waals surface area contributed by atoms with Crippen LogP contribution in [0.3, 0.4) is 0 Å². The predicted octanol–water partition coefficient (Wildman–Crippen LogP) is 3.09. The van der Waals surface area contributed by atoms with Crippen LogP contribution in [-0.2, 0) is 25.5 Å². The van der Waals surface area contributed by atoms with Crippen molar-refractivity contribution in [2.24, 2.45) is 0 Å². The molecule has 0 bridgehead atoms. The Balaban J connectivity index is 1.51. The van der Waals surface area contributed by atoms with E-state index in [0.29, 0.717) is 32.1 Å². The molecule has 2 aliphatic rings. The Morgan fingerprint density at radius 2 is 1.69 bits per heavy atom.